The topological polar surface area (TPSA) is 102 Å². The van der Waals surface area contributed by atoms with E-state index in [-0.39, 0.29) is 16.6 Å². The average Bonchev–Trinajstić information content (AvgIpc) is 3.16. The molecule has 0 bridgehead atoms. The summed E-state index contributed by atoms with van der Waals surface area (Å²) in [5.74, 6) is 6.77. The number of benzene rings is 1. The smallest absolute Gasteiger partial charge is 0.259 e. The number of fused-ring (bicyclic) bond motifs is 1. The number of hydrogen-bond donors (Lipinski definition) is 2. The van der Waals surface area contributed by atoms with Gasteiger partial charge in [-0.1, -0.05) is 11.8 Å². The Balaban J connectivity index is 1.64. The molecule has 0 radical (unpaired) electrons. The van der Waals surface area contributed by atoms with Gasteiger partial charge < -0.3 is 10.8 Å². The van der Waals surface area contributed by atoms with Crippen molar-refractivity contribution in [2.24, 2.45) is 0 Å². The highest BCUT2D eigenvalue weighted by molar-refractivity contribution is 7.99. The van der Waals surface area contributed by atoms with E-state index in [1.165, 1.54) is 39.9 Å². The predicted molar refractivity (Wildman–Crippen MR) is 110 cm³/mol. The summed E-state index contributed by atoms with van der Waals surface area (Å²) in [6.07, 6.45) is 0. The van der Waals surface area contributed by atoms with Gasteiger partial charge in [0, 0.05) is 10.4 Å². The van der Waals surface area contributed by atoms with Gasteiger partial charge in [-0.2, -0.15) is 0 Å². The standard InChI is InChI=1S/C18H17FN6OS2/c1-8-9(2)27-17-13(8)16(26)21-14(22-17)10(3)28-18-24-23-15(25(18)20)11-4-6-12(19)7-5-11/h4-7,10H,20H2,1-3H3,(H,21,22,26). The zero-order valence-electron chi connectivity index (χ0n) is 15.4. The molecule has 10 heteroatoms. The first-order valence-electron chi connectivity index (χ1n) is 8.48. The van der Waals surface area contributed by atoms with Crippen LogP contribution in [0.1, 0.15) is 28.4 Å². The van der Waals surface area contributed by atoms with Crippen LogP contribution in [-0.2, 0) is 0 Å². The highest BCUT2D eigenvalue weighted by Crippen LogP contribution is 2.34. The van der Waals surface area contributed by atoms with Crippen LogP contribution >= 0.6 is 23.1 Å². The minimum Gasteiger partial charge on any atom is -0.335 e. The molecule has 7 nitrogen and oxygen atoms in total. The summed E-state index contributed by atoms with van der Waals surface area (Å²) >= 11 is 2.84. The van der Waals surface area contributed by atoms with Crippen molar-refractivity contribution in [3.05, 3.63) is 56.7 Å². The van der Waals surface area contributed by atoms with Crippen molar-refractivity contribution in [3.8, 4) is 11.4 Å². The summed E-state index contributed by atoms with van der Waals surface area (Å²) in [6, 6.07) is 5.87. The molecule has 0 fully saturated rings. The van der Waals surface area contributed by atoms with Crippen LogP contribution in [0.15, 0.2) is 34.2 Å². The molecule has 0 saturated heterocycles. The molecule has 1 atom stereocenters. The van der Waals surface area contributed by atoms with Gasteiger partial charge in [0.2, 0.25) is 5.16 Å². The lowest BCUT2D eigenvalue weighted by atomic mass is 10.2. The molecule has 0 aliphatic carbocycles. The third-order valence-corrected chi connectivity index (χ3v) is 6.66. The largest absolute Gasteiger partial charge is 0.335 e. The number of aryl methyl sites for hydroxylation is 2. The van der Waals surface area contributed by atoms with Crippen LogP contribution in [-0.4, -0.2) is 24.8 Å². The summed E-state index contributed by atoms with van der Waals surface area (Å²) < 4.78 is 14.5. The molecule has 1 aromatic carbocycles. The predicted octanol–water partition coefficient (Wildman–Crippen LogP) is 3.57. The van der Waals surface area contributed by atoms with Crippen molar-refractivity contribution in [2.45, 2.75) is 31.2 Å². The van der Waals surface area contributed by atoms with Gasteiger partial charge in [0.15, 0.2) is 5.82 Å². The van der Waals surface area contributed by atoms with E-state index in [9.17, 15) is 9.18 Å². The van der Waals surface area contributed by atoms with E-state index in [2.05, 4.69) is 20.2 Å². The van der Waals surface area contributed by atoms with Crippen LogP contribution in [0, 0.1) is 19.7 Å². The molecule has 144 valence electrons. The number of nitrogens with two attached hydrogens (primary N) is 1. The second-order valence-corrected chi connectivity index (χ2v) is 8.87. The average molecular weight is 417 g/mol. The third-order valence-electron chi connectivity index (χ3n) is 4.49. The fourth-order valence-corrected chi connectivity index (χ4v) is 4.70. The van der Waals surface area contributed by atoms with Crippen molar-refractivity contribution in [3.63, 3.8) is 0 Å². The van der Waals surface area contributed by atoms with E-state index in [0.717, 1.165) is 15.3 Å². The van der Waals surface area contributed by atoms with Crippen LogP contribution in [0.4, 0.5) is 4.39 Å². The number of nitrogens with one attached hydrogen (secondary N) is 1. The summed E-state index contributed by atoms with van der Waals surface area (Å²) in [6.45, 7) is 5.82. The van der Waals surface area contributed by atoms with E-state index in [0.29, 0.717) is 27.8 Å². The molecule has 0 aliphatic heterocycles. The molecule has 0 amide bonds. The maximum atomic E-state index is 13.1. The van der Waals surface area contributed by atoms with Gasteiger partial charge in [-0.15, -0.1) is 21.5 Å². The summed E-state index contributed by atoms with van der Waals surface area (Å²) in [4.78, 5) is 21.8. The number of aromatic nitrogens is 5. The van der Waals surface area contributed by atoms with Crippen molar-refractivity contribution in [1.82, 2.24) is 24.8 Å². The number of aromatic amines is 1. The molecule has 28 heavy (non-hydrogen) atoms. The van der Waals surface area contributed by atoms with Crippen LogP contribution in [0.2, 0.25) is 0 Å². The van der Waals surface area contributed by atoms with Gasteiger partial charge in [-0.25, -0.2) is 14.1 Å². The van der Waals surface area contributed by atoms with E-state index in [1.54, 1.807) is 12.1 Å². The minimum absolute atomic E-state index is 0.143. The first-order valence-corrected chi connectivity index (χ1v) is 10.2. The number of thiophene rings is 1. The van der Waals surface area contributed by atoms with Gasteiger partial charge in [-0.05, 0) is 50.6 Å². The third kappa shape index (κ3) is 3.18. The van der Waals surface area contributed by atoms with Crippen molar-refractivity contribution < 1.29 is 4.39 Å². The Labute approximate surface area is 167 Å². The fraction of sp³-hybridized carbons (Fsp3) is 0.222. The molecule has 4 rings (SSSR count). The summed E-state index contributed by atoms with van der Waals surface area (Å²) in [7, 11) is 0. The fourth-order valence-electron chi connectivity index (χ4n) is 2.83. The SMILES string of the molecule is Cc1sc2nc(C(C)Sc3nnc(-c4ccc(F)cc4)n3N)[nH]c(=O)c2c1C. The van der Waals surface area contributed by atoms with Gasteiger partial charge >= 0.3 is 0 Å². The highest BCUT2D eigenvalue weighted by atomic mass is 32.2. The molecule has 3 aromatic heterocycles. The van der Waals surface area contributed by atoms with Crippen LogP contribution in [0.5, 0.6) is 0 Å². The zero-order chi connectivity index (χ0) is 20.0. The second-order valence-electron chi connectivity index (χ2n) is 6.36. The first-order chi connectivity index (χ1) is 13.3. The lowest BCUT2D eigenvalue weighted by Crippen LogP contribution is -2.14. The number of rotatable bonds is 4. The van der Waals surface area contributed by atoms with E-state index < -0.39 is 0 Å². The molecule has 4 aromatic rings. The lowest BCUT2D eigenvalue weighted by Gasteiger charge is -2.10. The Morgan fingerprint density at radius 1 is 1.25 bits per heavy atom. The summed E-state index contributed by atoms with van der Waals surface area (Å²) in [5, 5.41) is 9.13. The Morgan fingerprint density at radius 2 is 1.96 bits per heavy atom. The molecular formula is C18H17FN6OS2. The van der Waals surface area contributed by atoms with Crippen molar-refractivity contribution in [2.75, 3.05) is 5.84 Å². The van der Waals surface area contributed by atoms with Gasteiger partial charge in [-0.3, -0.25) is 4.79 Å². The number of nitrogen functional groups attached to an aromatic ring is 1. The highest BCUT2D eigenvalue weighted by Gasteiger charge is 2.20. The molecule has 0 saturated carbocycles. The van der Waals surface area contributed by atoms with E-state index in [4.69, 9.17) is 5.84 Å². The maximum absolute atomic E-state index is 13.1. The number of H-pyrrole nitrogens is 1. The Morgan fingerprint density at radius 3 is 2.68 bits per heavy atom. The number of halogens is 1. The zero-order valence-corrected chi connectivity index (χ0v) is 17.0. The Kier molecular flexibility index (Phi) is 4.68. The first kappa shape index (κ1) is 18.6. The monoisotopic (exact) mass is 416 g/mol. The molecule has 3 N–H and O–H groups in total. The second kappa shape index (κ2) is 7.02. The lowest BCUT2D eigenvalue weighted by molar-refractivity contribution is 0.628. The number of thioether (sulfide) groups is 1. The Bertz CT molecular complexity index is 1230. The normalized spacial score (nSPS) is 12.6. The molecular weight excluding hydrogens is 399 g/mol. The summed E-state index contributed by atoms with van der Waals surface area (Å²) in [5.41, 5.74) is 1.48. The molecule has 0 aliphatic rings. The van der Waals surface area contributed by atoms with Gasteiger partial charge in [0.1, 0.15) is 16.5 Å². The van der Waals surface area contributed by atoms with Crippen molar-refractivity contribution in [1.29, 1.82) is 0 Å². The molecule has 0 spiro atoms. The van der Waals surface area contributed by atoms with Crippen LogP contribution in [0.3, 0.4) is 0 Å². The van der Waals surface area contributed by atoms with Gasteiger partial charge in [0.05, 0.1) is 10.6 Å². The quantitative estimate of drug-likeness (QED) is 0.389. The molecule has 1 unspecified atom stereocenters. The minimum atomic E-state index is -0.334. The number of hydrogen-bond acceptors (Lipinski definition) is 7. The van der Waals surface area contributed by atoms with Crippen molar-refractivity contribution >= 4 is 33.3 Å². The van der Waals surface area contributed by atoms with E-state index >= 15 is 0 Å². The Hall–Kier alpha value is -2.72. The number of nitrogens with zero attached hydrogens (tertiary/aromatic N) is 4. The van der Waals surface area contributed by atoms with Gasteiger partial charge in [0.25, 0.3) is 5.56 Å². The van der Waals surface area contributed by atoms with E-state index in [1.807, 2.05) is 20.8 Å². The van der Waals surface area contributed by atoms with Crippen LogP contribution < -0.4 is 11.4 Å². The maximum Gasteiger partial charge on any atom is 0.259 e. The van der Waals surface area contributed by atoms with Crippen LogP contribution in [0.25, 0.3) is 21.6 Å². The molecule has 3 heterocycles.